The van der Waals surface area contributed by atoms with Crippen molar-refractivity contribution in [3.05, 3.63) is 18.0 Å². The lowest BCUT2D eigenvalue weighted by Crippen LogP contribution is -2.28. The number of nitrogens with zero attached hydrogens (tertiary/aromatic N) is 3. The lowest BCUT2D eigenvalue weighted by Gasteiger charge is -2.13. The molecule has 0 aromatic carbocycles. The molecule has 0 bridgehead atoms. The first-order valence-corrected chi connectivity index (χ1v) is 8.27. The number of hydrogen-bond acceptors (Lipinski definition) is 4. The molecule has 1 aliphatic heterocycles. The largest absolute Gasteiger partial charge is 0.396 e. The van der Waals surface area contributed by atoms with Crippen LogP contribution >= 0.6 is 0 Å². The maximum Gasteiger partial charge on any atom is 0.211 e. The van der Waals surface area contributed by atoms with Gasteiger partial charge in [0.2, 0.25) is 10.0 Å². The molecule has 6 nitrogen and oxygen atoms in total. The highest BCUT2D eigenvalue weighted by molar-refractivity contribution is 7.88. The molecule has 19 heavy (non-hydrogen) atoms. The van der Waals surface area contributed by atoms with Gasteiger partial charge in [-0.3, -0.25) is 4.68 Å². The van der Waals surface area contributed by atoms with Gasteiger partial charge in [-0.25, -0.2) is 12.7 Å². The molecule has 0 unspecified atom stereocenters. The zero-order chi connectivity index (χ0) is 14.2. The molecule has 2 atom stereocenters. The summed E-state index contributed by atoms with van der Waals surface area (Å²) in [6.07, 6.45) is 4.93. The summed E-state index contributed by atoms with van der Waals surface area (Å²) in [5, 5.41) is 13.7. The average Bonchev–Trinajstić information content (AvgIpc) is 2.94. The van der Waals surface area contributed by atoms with E-state index in [-0.39, 0.29) is 24.5 Å². The van der Waals surface area contributed by atoms with Crippen LogP contribution in [0.25, 0.3) is 0 Å². The third-order valence-electron chi connectivity index (χ3n) is 3.69. The van der Waals surface area contributed by atoms with E-state index in [1.54, 1.807) is 6.20 Å². The standard InChI is InChI=1S/C12H21N3O3S/c1-9(2)15-6-10(4-13-15)12-7-14(19(3,17)18)5-11(12)8-16/h4,6,9,11-12,16H,5,7-8H2,1-3H3/t11-,12-/m0/s1. The van der Waals surface area contributed by atoms with Crippen LogP contribution < -0.4 is 0 Å². The molecule has 1 aromatic heterocycles. The fourth-order valence-corrected chi connectivity index (χ4v) is 3.39. The van der Waals surface area contributed by atoms with Gasteiger partial charge in [-0.05, 0) is 19.4 Å². The van der Waals surface area contributed by atoms with Crippen LogP contribution in [0.1, 0.15) is 31.4 Å². The summed E-state index contributed by atoms with van der Waals surface area (Å²) in [7, 11) is -3.20. The highest BCUT2D eigenvalue weighted by Crippen LogP contribution is 2.33. The Kier molecular flexibility index (Phi) is 3.98. The van der Waals surface area contributed by atoms with E-state index in [4.69, 9.17) is 0 Å². The Morgan fingerprint density at radius 3 is 2.63 bits per heavy atom. The first-order chi connectivity index (χ1) is 8.82. The van der Waals surface area contributed by atoms with Crippen molar-refractivity contribution in [1.82, 2.24) is 14.1 Å². The van der Waals surface area contributed by atoms with E-state index in [1.165, 1.54) is 10.6 Å². The number of sulfonamides is 1. The van der Waals surface area contributed by atoms with Crippen LogP contribution in [0.5, 0.6) is 0 Å². The first kappa shape index (κ1) is 14.5. The molecule has 0 saturated carbocycles. The molecule has 1 saturated heterocycles. The predicted molar refractivity (Wildman–Crippen MR) is 72.3 cm³/mol. The Morgan fingerprint density at radius 1 is 1.47 bits per heavy atom. The Bertz CT molecular complexity index is 538. The van der Waals surface area contributed by atoms with Crippen molar-refractivity contribution in [2.24, 2.45) is 5.92 Å². The summed E-state index contributed by atoms with van der Waals surface area (Å²) >= 11 is 0. The molecule has 0 aliphatic carbocycles. The van der Waals surface area contributed by atoms with Crippen molar-refractivity contribution in [2.45, 2.75) is 25.8 Å². The quantitative estimate of drug-likeness (QED) is 0.871. The van der Waals surface area contributed by atoms with E-state index < -0.39 is 10.0 Å². The lowest BCUT2D eigenvalue weighted by atomic mass is 9.92. The fourth-order valence-electron chi connectivity index (χ4n) is 2.49. The topological polar surface area (TPSA) is 75.4 Å². The summed E-state index contributed by atoms with van der Waals surface area (Å²) in [6, 6.07) is 0.272. The van der Waals surface area contributed by atoms with Crippen molar-refractivity contribution in [2.75, 3.05) is 26.0 Å². The van der Waals surface area contributed by atoms with Crippen LogP contribution in [0.15, 0.2) is 12.4 Å². The first-order valence-electron chi connectivity index (χ1n) is 6.43. The van der Waals surface area contributed by atoms with E-state index >= 15 is 0 Å². The van der Waals surface area contributed by atoms with Crippen molar-refractivity contribution in [3.63, 3.8) is 0 Å². The third-order valence-corrected chi connectivity index (χ3v) is 4.93. The molecule has 2 rings (SSSR count). The van der Waals surface area contributed by atoms with E-state index in [1.807, 2.05) is 24.7 Å². The molecule has 0 spiro atoms. The number of rotatable bonds is 4. The van der Waals surface area contributed by atoms with Crippen LogP contribution in [0.3, 0.4) is 0 Å². The second-order valence-corrected chi connectivity index (χ2v) is 7.46. The monoisotopic (exact) mass is 287 g/mol. The summed E-state index contributed by atoms with van der Waals surface area (Å²) in [5.74, 6) is -0.0354. The van der Waals surface area contributed by atoms with Crippen molar-refractivity contribution >= 4 is 10.0 Å². The summed E-state index contributed by atoms with van der Waals surface area (Å²) in [4.78, 5) is 0. The zero-order valence-electron chi connectivity index (χ0n) is 11.5. The minimum absolute atomic E-state index is 0.0104. The molecule has 1 aliphatic rings. The van der Waals surface area contributed by atoms with Crippen molar-refractivity contribution < 1.29 is 13.5 Å². The normalized spacial score (nSPS) is 25.3. The second kappa shape index (κ2) is 5.22. The van der Waals surface area contributed by atoms with Crippen LogP contribution in [0.2, 0.25) is 0 Å². The third kappa shape index (κ3) is 2.98. The van der Waals surface area contributed by atoms with Crippen LogP contribution in [-0.4, -0.2) is 53.6 Å². The second-order valence-electron chi connectivity index (χ2n) is 5.48. The summed E-state index contributed by atoms with van der Waals surface area (Å²) < 4.78 is 26.5. The van der Waals surface area contributed by atoms with Gasteiger partial charge in [0.25, 0.3) is 0 Å². The van der Waals surface area contributed by atoms with Gasteiger partial charge in [0.15, 0.2) is 0 Å². The molecule has 1 fully saturated rings. The minimum Gasteiger partial charge on any atom is -0.396 e. The van der Waals surface area contributed by atoms with E-state index in [9.17, 15) is 13.5 Å². The van der Waals surface area contributed by atoms with Gasteiger partial charge in [-0.15, -0.1) is 0 Å². The smallest absolute Gasteiger partial charge is 0.211 e. The summed E-state index contributed by atoms with van der Waals surface area (Å²) in [6.45, 7) is 4.87. The van der Waals surface area contributed by atoms with Crippen LogP contribution in [0, 0.1) is 5.92 Å². The van der Waals surface area contributed by atoms with Gasteiger partial charge in [0.05, 0.1) is 12.5 Å². The van der Waals surface area contributed by atoms with E-state index in [2.05, 4.69) is 5.10 Å². The van der Waals surface area contributed by atoms with Crippen LogP contribution in [0.4, 0.5) is 0 Å². The van der Waals surface area contributed by atoms with Crippen molar-refractivity contribution in [1.29, 1.82) is 0 Å². The Hall–Kier alpha value is -0.920. The maximum absolute atomic E-state index is 11.6. The molecular weight excluding hydrogens is 266 g/mol. The highest BCUT2D eigenvalue weighted by atomic mass is 32.2. The average molecular weight is 287 g/mol. The highest BCUT2D eigenvalue weighted by Gasteiger charge is 2.38. The van der Waals surface area contributed by atoms with Gasteiger partial charge in [-0.1, -0.05) is 0 Å². The molecule has 1 N–H and O–H groups in total. The van der Waals surface area contributed by atoms with E-state index in [0.717, 1.165) is 5.56 Å². The zero-order valence-corrected chi connectivity index (χ0v) is 12.3. The van der Waals surface area contributed by atoms with Gasteiger partial charge in [0.1, 0.15) is 0 Å². The summed E-state index contributed by atoms with van der Waals surface area (Å²) in [5.41, 5.74) is 0.999. The SMILES string of the molecule is CC(C)n1cc([C@@H]2CN(S(C)(=O)=O)C[C@H]2CO)cn1. The Morgan fingerprint density at radius 2 is 2.16 bits per heavy atom. The fraction of sp³-hybridized carbons (Fsp3) is 0.750. The number of aliphatic hydroxyl groups excluding tert-OH is 1. The lowest BCUT2D eigenvalue weighted by molar-refractivity contribution is 0.223. The molecule has 1 aromatic rings. The van der Waals surface area contributed by atoms with Gasteiger partial charge < -0.3 is 5.11 Å². The van der Waals surface area contributed by atoms with Gasteiger partial charge >= 0.3 is 0 Å². The predicted octanol–water partition coefficient (Wildman–Crippen LogP) is 0.431. The molecule has 2 heterocycles. The molecule has 0 amide bonds. The minimum atomic E-state index is -3.20. The number of aromatic nitrogens is 2. The molecule has 7 heteroatoms. The number of aliphatic hydroxyl groups is 1. The Labute approximate surface area is 114 Å². The van der Waals surface area contributed by atoms with Gasteiger partial charge in [0, 0.05) is 43.8 Å². The Balaban J connectivity index is 2.22. The number of hydrogen-bond donors (Lipinski definition) is 1. The van der Waals surface area contributed by atoms with Crippen molar-refractivity contribution in [3.8, 4) is 0 Å². The van der Waals surface area contributed by atoms with Gasteiger partial charge in [-0.2, -0.15) is 5.10 Å². The van der Waals surface area contributed by atoms with Crippen LogP contribution in [-0.2, 0) is 10.0 Å². The van der Waals surface area contributed by atoms with E-state index in [0.29, 0.717) is 13.1 Å². The molecular formula is C12H21N3O3S. The molecule has 0 radical (unpaired) electrons. The maximum atomic E-state index is 11.6. The molecule has 108 valence electrons.